The molecule has 16 heavy (non-hydrogen) atoms. The van der Waals surface area contributed by atoms with Crippen molar-refractivity contribution in [1.82, 2.24) is 10.6 Å². The first-order valence-corrected chi connectivity index (χ1v) is 5.39. The fourth-order valence-corrected chi connectivity index (χ4v) is 1.96. The van der Waals surface area contributed by atoms with Crippen LogP contribution in [0.5, 0.6) is 0 Å². The molecular weight excluding hydrogens is 221 g/mol. The molecule has 1 unspecified atom stereocenters. The minimum atomic E-state index is -4.48. The molecule has 1 saturated carbocycles. The van der Waals surface area contributed by atoms with E-state index < -0.39 is 23.0 Å². The average Bonchev–Trinajstić information content (AvgIpc) is 2.68. The third-order valence-corrected chi connectivity index (χ3v) is 3.55. The van der Waals surface area contributed by atoms with Gasteiger partial charge in [-0.05, 0) is 32.7 Å². The standard InChI is InChI=1S/C10H15F3N2O/c1-8(2-3-8)15-7(16)9(10(11,12)13)4-5-14-6-9/h14H,2-6H2,1H3,(H,15,16). The molecular formula is C10H15F3N2O. The van der Waals surface area contributed by atoms with E-state index in [1.165, 1.54) is 0 Å². The van der Waals surface area contributed by atoms with E-state index in [1.54, 1.807) is 6.92 Å². The summed E-state index contributed by atoms with van der Waals surface area (Å²) < 4.78 is 38.9. The van der Waals surface area contributed by atoms with Crippen molar-refractivity contribution in [2.24, 2.45) is 5.41 Å². The Bertz CT molecular complexity index is 304. The van der Waals surface area contributed by atoms with Crippen molar-refractivity contribution < 1.29 is 18.0 Å². The van der Waals surface area contributed by atoms with Crippen molar-refractivity contribution >= 4 is 5.91 Å². The van der Waals surface area contributed by atoms with E-state index in [9.17, 15) is 18.0 Å². The summed E-state index contributed by atoms with van der Waals surface area (Å²) in [6.45, 7) is 1.71. The summed E-state index contributed by atoms with van der Waals surface area (Å²) in [6, 6.07) is 0. The van der Waals surface area contributed by atoms with Crippen LogP contribution in [0.25, 0.3) is 0 Å². The number of nitrogens with one attached hydrogen (secondary N) is 2. The molecule has 1 saturated heterocycles. The highest BCUT2D eigenvalue weighted by atomic mass is 19.4. The minimum Gasteiger partial charge on any atom is -0.350 e. The van der Waals surface area contributed by atoms with Crippen molar-refractivity contribution in [3.63, 3.8) is 0 Å². The molecule has 0 radical (unpaired) electrons. The maximum absolute atomic E-state index is 13.0. The summed E-state index contributed by atoms with van der Waals surface area (Å²) >= 11 is 0. The first-order valence-electron chi connectivity index (χ1n) is 5.39. The predicted octanol–water partition coefficient (Wildman–Crippen LogP) is 1.20. The molecule has 0 spiro atoms. The Hall–Kier alpha value is -0.780. The van der Waals surface area contributed by atoms with E-state index in [4.69, 9.17) is 0 Å². The van der Waals surface area contributed by atoms with Crippen LogP contribution in [0.1, 0.15) is 26.2 Å². The molecule has 2 fully saturated rings. The molecule has 1 amide bonds. The van der Waals surface area contributed by atoms with Gasteiger partial charge >= 0.3 is 6.18 Å². The second-order valence-electron chi connectivity index (χ2n) is 5.02. The maximum atomic E-state index is 13.0. The largest absolute Gasteiger partial charge is 0.404 e. The number of carbonyl (C=O) groups excluding carboxylic acids is 1. The van der Waals surface area contributed by atoms with Gasteiger partial charge in [0.1, 0.15) is 0 Å². The van der Waals surface area contributed by atoms with Gasteiger partial charge in [0.2, 0.25) is 5.91 Å². The Morgan fingerprint density at radius 3 is 2.31 bits per heavy atom. The van der Waals surface area contributed by atoms with Crippen LogP contribution >= 0.6 is 0 Å². The number of hydrogen-bond donors (Lipinski definition) is 2. The van der Waals surface area contributed by atoms with E-state index in [2.05, 4.69) is 10.6 Å². The third kappa shape index (κ3) is 1.79. The summed E-state index contributed by atoms with van der Waals surface area (Å²) in [5, 5.41) is 5.15. The molecule has 0 aromatic heterocycles. The van der Waals surface area contributed by atoms with Gasteiger partial charge in [-0.2, -0.15) is 13.2 Å². The smallest absolute Gasteiger partial charge is 0.350 e. The van der Waals surface area contributed by atoms with Gasteiger partial charge in [0.25, 0.3) is 0 Å². The Morgan fingerprint density at radius 1 is 1.31 bits per heavy atom. The lowest BCUT2D eigenvalue weighted by Crippen LogP contribution is -2.54. The zero-order valence-corrected chi connectivity index (χ0v) is 9.08. The molecule has 2 aliphatic rings. The molecule has 0 bridgehead atoms. The molecule has 1 aliphatic carbocycles. The van der Waals surface area contributed by atoms with Crippen molar-refractivity contribution in [3.05, 3.63) is 0 Å². The molecule has 1 heterocycles. The molecule has 2 N–H and O–H groups in total. The fraction of sp³-hybridized carbons (Fsp3) is 0.900. The molecule has 0 aromatic rings. The van der Waals surface area contributed by atoms with Crippen molar-refractivity contribution in [2.45, 2.75) is 37.9 Å². The quantitative estimate of drug-likeness (QED) is 0.756. The number of carbonyl (C=O) groups is 1. The Balaban J connectivity index is 2.16. The second kappa shape index (κ2) is 3.35. The van der Waals surface area contributed by atoms with Crippen LogP contribution in [0.2, 0.25) is 0 Å². The molecule has 3 nitrogen and oxygen atoms in total. The zero-order valence-electron chi connectivity index (χ0n) is 9.08. The van der Waals surface area contributed by atoms with Crippen LogP contribution in [-0.4, -0.2) is 30.7 Å². The Labute approximate surface area is 91.8 Å². The molecule has 0 aromatic carbocycles. The van der Waals surface area contributed by atoms with E-state index in [0.717, 1.165) is 12.8 Å². The van der Waals surface area contributed by atoms with Crippen LogP contribution < -0.4 is 10.6 Å². The zero-order chi connectivity index (χ0) is 12.0. The summed E-state index contributed by atoms with van der Waals surface area (Å²) in [4.78, 5) is 11.8. The van der Waals surface area contributed by atoms with Gasteiger partial charge < -0.3 is 10.6 Å². The van der Waals surface area contributed by atoms with Gasteiger partial charge in [-0.1, -0.05) is 0 Å². The number of hydrogen-bond acceptors (Lipinski definition) is 2. The first kappa shape index (κ1) is 11.7. The number of alkyl halides is 3. The van der Waals surface area contributed by atoms with Gasteiger partial charge in [0.15, 0.2) is 5.41 Å². The van der Waals surface area contributed by atoms with Gasteiger partial charge in [-0.15, -0.1) is 0 Å². The van der Waals surface area contributed by atoms with Gasteiger partial charge in [-0.3, -0.25) is 4.79 Å². The third-order valence-electron chi connectivity index (χ3n) is 3.55. The first-order chi connectivity index (χ1) is 7.29. The lowest BCUT2D eigenvalue weighted by Gasteiger charge is -2.30. The highest BCUT2D eigenvalue weighted by molar-refractivity contribution is 5.85. The van der Waals surface area contributed by atoms with E-state index in [-0.39, 0.29) is 19.5 Å². The molecule has 6 heteroatoms. The molecule has 92 valence electrons. The number of rotatable bonds is 2. The van der Waals surface area contributed by atoms with E-state index in [0.29, 0.717) is 0 Å². The van der Waals surface area contributed by atoms with Crippen LogP contribution in [0, 0.1) is 5.41 Å². The summed E-state index contributed by atoms with van der Waals surface area (Å²) in [7, 11) is 0. The maximum Gasteiger partial charge on any atom is 0.404 e. The Kier molecular flexibility index (Phi) is 2.45. The SMILES string of the molecule is CC1(NC(=O)C2(C(F)(F)F)CCNC2)CC1. The highest BCUT2D eigenvalue weighted by Gasteiger charge is 2.62. The predicted molar refractivity (Wildman–Crippen MR) is 51.8 cm³/mol. The van der Waals surface area contributed by atoms with Gasteiger partial charge in [-0.25, -0.2) is 0 Å². The van der Waals surface area contributed by atoms with E-state index in [1.807, 2.05) is 0 Å². The molecule has 1 atom stereocenters. The number of halogens is 3. The van der Waals surface area contributed by atoms with Crippen molar-refractivity contribution in [2.75, 3.05) is 13.1 Å². The summed E-state index contributed by atoms with van der Waals surface area (Å²) in [5.41, 5.74) is -2.63. The molecule has 2 rings (SSSR count). The molecule has 1 aliphatic heterocycles. The summed E-state index contributed by atoms with van der Waals surface area (Å²) in [6.07, 6.45) is -3.12. The average molecular weight is 236 g/mol. The normalized spacial score (nSPS) is 32.5. The van der Waals surface area contributed by atoms with Gasteiger partial charge in [0.05, 0.1) is 0 Å². The Morgan fingerprint density at radius 2 is 1.94 bits per heavy atom. The van der Waals surface area contributed by atoms with E-state index >= 15 is 0 Å². The topological polar surface area (TPSA) is 41.1 Å². The lowest BCUT2D eigenvalue weighted by atomic mass is 9.85. The monoisotopic (exact) mass is 236 g/mol. The van der Waals surface area contributed by atoms with Crippen LogP contribution in [0.15, 0.2) is 0 Å². The highest BCUT2D eigenvalue weighted by Crippen LogP contribution is 2.45. The lowest BCUT2D eigenvalue weighted by molar-refractivity contribution is -0.216. The second-order valence-corrected chi connectivity index (χ2v) is 5.02. The minimum absolute atomic E-state index is 0.168. The summed E-state index contributed by atoms with van der Waals surface area (Å²) in [5.74, 6) is -0.870. The van der Waals surface area contributed by atoms with Gasteiger partial charge in [0, 0.05) is 12.1 Å². The fourth-order valence-electron chi connectivity index (χ4n) is 1.96. The number of amides is 1. The van der Waals surface area contributed by atoms with Crippen molar-refractivity contribution in [3.8, 4) is 0 Å². The van der Waals surface area contributed by atoms with Crippen LogP contribution in [0.4, 0.5) is 13.2 Å². The van der Waals surface area contributed by atoms with Crippen molar-refractivity contribution in [1.29, 1.82) is 0 Å². The van der Waals surface area contributed by atoms with Crippen LogP contribution in [0.3, 0.4) is 0 Å². The van der Waals surface area contributed by atoms with Crippen LogP contribution in [-0.2, 0) is 4.79 Å².